The molecule has 1 unspecified atom stereocenters. The van der Waals surface area contributed by atoms with Crippen molar-refractivity contribution in [3.63, 3.8) is 0 Å². The van der Waals surface area contributed by atoms with Crippen molar-refractivity contribution >= 4 is 17.7 Å². The Kier molecular flexibility index (Phi) is 5.86. The lowest BCUT2D eigenvalue weighted by Crippen LogP contribution is -2.35. The van der Waals surface area contributed by atoms with Gasteiger partial charge in [0.1, 0.15) is 12.7 Å². The van der Waals surface area contributed by atoms with Gasteiger partial charge < -0.3 is 14.2 Å². The van der Waals surface area contributed by atoms with E-state index in [2.05, 4.69) is 0 Å². The van der Waals surface area contributed by atoms with Crippen molar-refractivity contribution in [2.24, 2.45) is 5.92 Å². The molecule has 2 aromatic carbocycles. The number of ketones is 1. The average molecular weight is 368 g/mol. The van der Waals surface area contributed by atoms with E-state index in [-0.39, 0.29) is 18.5 Å². The van der Waals surface area contributed by atoms with Gasteiger partial charge in [0.15, 0.2) is 17.3 Å². The zero-order valence-electron chi connectivity index (χ0n) is 14.9. The minimum Gasteiger partial charge on any atom is -0.485 e. The molecular formula is C21H20O6. The van der Waals surface area contributed by atoms with Crippen molar-refractivity contribution in [2.45, 2.75) is 32.5 Å². The van der Waals surface area contributed by atoms with Gasteiger partial charge in [0.2, 0.25) is 5.92 Å². The third kappa shape index (κ3) is 5.17. The van der Waals surface area contributed by atoms with Crippen LogP contribution >= 0.6 is 0 Å². The van der Waals surface area contributed by atoms with Gasteiger partial charge in [0.25, 0.3) is 0 Å². The average Bonchev–Trinajstić information content (AvgIpc) is 3.45. The Labute approximate surface area is 157 Å². The van der Waals surface area contributed by atoms with Crippen LogP contribution in [-0.4, -0.2) is 23.8 Å². The molecule has 1 aliphatic carbocycles. The van der Waals surface area contributed by atoms with Crippen LogP contribution < -0.4 is 9.47 Å². The summed E-state index contributed by atoms with van der Waals surface area (Å²) in [5, 5.41) is 0. The molecular weight excluding hydrogens is 348 g/mol. The predicted octanol–water partition coefficient (Wildman–Crippen LogP) is 3.08. The molecule has 140 valence electrons. The molecule has 0 bridgehead atoms. The lowest BCUT2D eigenvalue weighted by atomic mass is 10.1. The lowest BCUT2D eigenvalue weighted by molar-refractivity contribution is -0.160. The van der Waals surface area contributed by atoms with Crippen LogP contribution in [0.4, 0.5) is 0 Å². The Morgan fingerprint density at radius 2 is 1.56 bits per heavy atom. The first-order chi connectivity index (χ1) is 13.0. The van der Waals surface area contributed by atoms with Gasteiger partial charge >= 0.3 is 11.9 Å². The number of ether oxygens (including phenoxy) is 3. The Hall–Kier alpha value is -3.15. The van der Waals surface area contributed by atoms with Crippen molar-refractivity contribution < 1.29 is 28.6 Å². The summed E-state index contributed by atoms with van der Waals surface area (Å²) in [5.41, 5.74) is 0.952. The van der Waals surface area contributed by atoms with E-state index in [9.17, 15) is 14.4 Å². The Morgan fingerprint density at radius 3 is 2.19 bits per heavy atom. The number of Topliss-reactive ketones (excluding diaryl/α,β-unsaturated/α-hetero) is 1. The van der Waals surface area contributed by atoms with Crippen LogP contribution in [0.25, 0.3) is 0 Å². The van der Waals surface area contributed by atoms with Crippen LogP contribution in [0, 0.1) is 5.92 Å². The van der Waals surface area contributed by atoms with Gasteiger partial charge in [-0.05, 0) is 37.5 Å². The van der Waals surface area contributed by atoms with E-state index in [1.54, 1.807) is 24.3 Å². The second-order valence-corrected chi connectivity index (χ2v) is 6.32. The molecule has 0 amide bonds. The molecule has 0 radical (unpaired) electrons. The Morgan fingerprint density at radius 1 is 0.926 bits per heavy atom. The summed E-state index contributed by atoms with van der Waals surface area (Å²) in [7, 11) is 0. The number of carbonyl (C=O) groups excluding carboxylic acids is 3. The van der Waals surface area contributed by atoms with Gasteiger partial charge in [-0.3, -0.25) is 14.4 Å². The molecule has 27 heavy (non-hydrogen) atoms. The topological polar surface area (TPSA) is 78.9 Å². The van der Waals surface area contributed by atoms with E-state index in [4.69, 9.17) is 14.2 Å². The molecule has 0 N–H and O–H groups in total. The number of carbonyl (C=O) groups is 3. The maximum absolute atomic E-state index is 12.4. The molecule has 3 rings (SSSR count). The van der Waals surface area contributed by atoms with Gasteiger partial charge in [-0.15, -0.1) is 0 Å². The Balaban J connectivity index is 1.69. The fraction of sp³-hybridized carbons (Fsp3) is 0.286. The molecule has 0 spiro atoms. The number of hydrogen-bond acceptors (Lipinski definition) is 6. The summed E-state index contributed by atoms with van der Waals surface area (Å²) in [6.45, 7) is 1.45. The normalized spacial score (nSPS) is 14.1. The summed E-state index contributed by atoms with van der Waals surface area (Å²) >= 11 is 0. The molecule has 1 atom stereocenters. The van der Waals surface area contributed by atoms with E-state index in [1.165, 1.54) is 0 Å². The van der Waals surface area contributed by atoms with Crippen LogP contribution in [0.5, 0.6) is 11.5 Å². The summed E-state index contributed by atoms with van der Waals surface area (Å²) in [5.74, 6) is -3.56. The lowest BCUT2D eigenvalue weighted by Gasteiger charge is -2.15. The van der Waals surface area contributed by atoms with E-state index in [1.807, 2.05) is 30.3 Å². The van der Waals surface area contributed by atoms with Crippen molar-refractivity contribution in [3.05, 3.63) is 60.2 Å². The van der Waals surface area contributed by atoms with Gasteiger partial charge in [-0.2, -0.15) is 0 Å². The van der Waals surface area contributed by atoms with E-state index < -0.39 is 23.6 Å². The minimum absolute atomic E-state index is 0.143. The zero-order valence-corrected chi connectivity index (χ0v) is 14.9. The highest BCUT2D eigenvalue weighted by molar-refractivity contribution is 6.14. The summed E-state index contributed by atoms with van der Waals surface area (Å²) in [6, 6.07) is 16.1. The van der Waals surface area contributed by atoms with Crippen molar-refractivity contribution in [1.29, 1.82) is 0 Å². The highest BCUT2D eigenvalue weighted by Gasteiger charge is 2.38. The molecule has 0 saturated heterocycles. The highest BCUT2D eigenvalue weighted by atomic mass is 16.6. The second-order valence-electron chi connectivity index (χ2n) is 6.32. The molecule has 6 heteroatoms. The van der Waals surface area contributed by atoms with Crippen LogP contribution in [0.15, 0.2) is 54.6 Å². The number of esters is 2. The molecule has 6 nitrogen and oxygen atoms in total. The molecule has 2 aromatic rings. The van der Waals surface area contributed by atoms with Crippen LogP contribution in [0.2, 0.25) is 0 Å². The molecule has 1 saturated carbocycles. The third-order valence-electron chi connectivity index (χ3n) is 3.98. The number of para-hydroxylation sites is 2. The van der Waals surface area contributed by atoms with Crippen LogP contribution in [-0.2, 0) is 25.7 Å². The molecule has 1 aliphatic rings. The maximum atomic E-state index is 12.4. The van der Waals surface area contributed by atoms with E-state index >= 15 is 0 Å². The van der Waals surface area contributed by atoms with Crippen LogP contribution in [0.1, 0.15) is 25.3 Å². The largest absolute Gasteiger partial charge is 0.485 e. The second kappa shape index (κ2) is 8.49. The number of benzene rings is 2. The van der Waals surface area contributed by atoms with Crippen molar-refractivity contribution in [3.8, 4) is 11.5 Å². The predicted molar refractivity (Wildman–Crippen MR) is 96.1 cm³/mol. The molecule has 0 heterocycles. The Bertz CT molecular complexity index is 826. The quantitative estimate of drug-likeness (QED) is 0.405. The SMILES string of the molecule is CC(=O)C(C(=O)Oc1ccccc1OCc1ccccc1)C(=O)OC1CC1. The van der Waals surface area contributed by atoms with Gasteiger partial charge in [0.05, 0.1) is 0 Å². The molecule has 1 fully saturated rings. The fourth-order valence-corrected chi connectivity index (χ4v) is 2.40. The maximum Gasteiger partial charge on any atom is 0.333 e. The summed E-state index contributed by atoms with van der Waals surface area (Å²) in [6.07, 6.45) is 1.30. The first-order valence-corrected chi connectivity index (χ1v) is 8.73. The van der Waals surface area contributed by atoms with Gasteiger partial charge in [-0.25, -0.2) is 0 Å². The number of rotatable bonds is 8. The molecule has 0 aromatic heterocycles. The first-order valence-electron chi connectivity index (χ1n) is 8.73. The third-order valence-corrected chi connectivity index (χ3v) is 3.98. The number of hydrogen-bond donors (Lipinski definition) is 0. The highest BCUT2D eigenvalue weighted by Crippen LogP contribution is 2.29. The zero-order chi connectivity index (χ0) is 19.2. The van der Waals surface area contributed by atoms with Crippen LogP contribution in [0.3, 0.4) is 0 Å². The standard InChI is InChI=1S/C21H20O6/c1-14(22)19(20(23)26-16-11-12-16)21(24)27-18-10-6-5-9-17(18)25-13-15-7-3-2-4-8-15/h2-10,16,19H,11-13H2,1H3. The monoisotopic (exact) mass is 368 g/mol. The summed E-state index contributed by atoms with van der Waals surface area (Å²) in [4.78, 5) is 36.3. The van der Waals surface area contributed by atoms with Crippen molar-refractivity contribution in [2.75, 3.05) is 0 Å². The fourth-order valence-electron chi connectivity index (χ4n) is 2.40. The van der Waals surface area contributed by atoms with E-state index in [0.29, 0.717) is 5.75 Å². The first kappa shape index (κ1) is 18.6. The molecule has 0 aliphatic heterocycles. The van der Waals surface area contributed by atoms with Gasteiger partial charge in [-0.1, -0.05) is 42.5 Å². The van der Waals surface area contributed by atoms with Crippen molar-refractivity contribution in [1.82, 2.24) is 0 Å². The smallest absolute Gasteiger partial charge is 0.333 e. The summed E-state index contributed by atoms with van der Waals surface area (Å²) < 4.78 is 16.1. The van der Waals surface area contributed by atoms with Gasteiger partial charge in [0, 0.05) is 0 Å². The van der Waals surface area contributed by atoms with E-state index in [0.717, 1.165) is 25.3 Å². The minimum atomic E-state index is -1.59.